The first-order valence-electron chi connectivity index (χ1n) is 5.15. The molecule has 4 nitrogen and oxygen atoms in total. The van der Waals surface area contributed by atoms with E-state index in [1.54, 1.807) is 0 Å². The molecule has 2 aliphatic rings. The number of nitrogens with one attached hydrogen (secondary N) is 1. The van der Waals surface area contributed by atoms with Gasteiger partial charge in [-0.25, -0.2) is 8.42 Å². The molecule has 0 saturated carbocycles. The van der Waals surface area contributed by atoms with Crippen LogP contribution in [0.25, 0.3) is 0 Å². The Kier molecular flexibility index (Phi) is 2.81. The third-order valence-electron chi connectivity index (χ3n) is 3.06. The van der Waals surface area contributed by atoms with Crippen LogP contribution in [0.2, 0.25) is 0 Å². The van der Waals surface area contributed by atoms with E-state index >= 15 is 0 Å². The van der Waals surface area contributed by atoms with Crippen LogP contribution in [0.15, 0.2) is 0 Å². The molecule has 0 aliphatic carbocycles. The van der Waals surface area contributed by atoms with E-state index in [4.69, 9.17) is 4.74 Å². The van der Waals surface area contributed by atoms with Crippen LogP contribution in [-0.4, -0.2) is 44.7 Å². The molecule has 2 aliphatic heterocycles. The molecular weight excluding hydrogens is 202 g/mol. The average Bonchev–Trinajstić information content (AvgIpc) is 2.61. The highest BCUT2D eigenvalue weighted by molar-refractivity contribution is 7.91. The van der Waals surface area contributed by atoms with Crippen molar-refractivity contribution < 1.29 is 13.2 Å². The predicted molar refractivity (Wildman–Crippen MR) is 54.0 cm³/mol. The SMILES string of the molecule is C[C@H]1OCC[C@H]1NC1CCS(=O)(=O)C1. The van der Waals surface area contributed by atoms with Gasteiger partial charge < -0.3 is 10.1 Å². The van der Waals surface area contributed by atoms with Gasteiger partial charge in [0.1, 0.15) is 0 Å². The highest BCUT2D eigenvalue weighted by Gasteiger charge is 2.32. The molecule has 0 spiro atoms. The van der Waals surface area contributed by atoms with E-state index in [9.17, 15) is 8.42 Å². The van der Waals surface area contributed by atoms with Gasteiger partial charge in [-0.2, -0.15) is 0 Å². The van der Waals surface area contributed by atoms with Crippen LogP contribution < -0.4 is 5.32 Å². The highest BCUT2D eigenvalue weighted by atomic mass is 32.2. The fourth-order valence-electron chi connectivity index (χ4n) is 2.18. The lowest BCUT2D eigenvalue weighted by Gasteiger charge is -2.20. The summed E-state index contributed by atoms with van der Waals surface area (Å²) in [5.41, 5.74) is 0. The molecule has 82 valence electrons. The molecule has 2 saturated heterocycles. The topological polar surface area (TPSA) is 55.4 Å². The first-order valence-corrected chi connectivity index (χ1v) is 6.97. The maximum atomic E-state index is 11.2. The zero-order valence-corrected chi connectivity index (χ0v) is 9.22. The molecule has 2 fully saturated rings. The standard InChI is InChI=1S/C9H17NO3S/c1-7-9(2-4-13-7)10-8-3-5-14(11,12)6-8/h7-10H,2-6H2,1H3/t7-,8?,9-/m1/s1. The van der Waals surface area contributed by atoms with Crippen molar-refractivity contribution in [1.82, 2.24) is 5.32 Å². The van der Waals surface area contributed by atoms with Gasteiger partial charge in [-0.3, -0.25) is 0 Å². The third kappa shape index (κ3) is 2.27. The Morgan fingerprint density at radius 1 is 1.36 bits per heavy atom. The predicted octanol–water partition coefficient (Wildman–Crippen LogP) is -0.0595. The van der Waals surface area contributed by atoms with Crippen molar-refractivity contribution in [2.45, 2.75) is 38.0 Å². The monoisotopic (exact) mass is 219 g/mol. The van der Waals surface area contributed by atoms with Crippen LogP contribution >= 0.6 is 0 Å². The molecule has 3 atom stereocenters. The molecule has 14 heavy (non-hydrogen) atoms. The maximum Gasteiger partial charge on any atom is 0.151 e. The zero-order valence-electron chi connectivity index (χ0n) is 8.40. The van der Waals surface area contributed by atoms with Crippen molar-refractivity contribution in [3.8, 4) is 0 Å². The zero-order chi connectivity index (χ0) is 10.2. The Bertz CT molecular complexity index is 301. The molecular formula is C9H17NO3S. The molecule has 2 heterocycles. The highest BCUT2D eigenvalue weighted by Crippen LogP contribution is 2.17. The molecule has 0 radical (unpaired) electrons. The smallest absolute Gasteiger partial charge is 0.151 e. The molecule has 0 bridgehead atoms. The van der Waals surface area contributed by atoms with Gasteiger partial charge in [-0.1, -0.05) is 0 Å². The summed E-state index contributed by atoms with van der Waals surface area (Å²) in [6.07, 6.45) is 1.97. The Hall–Kier alpha value is -0.130. The summed E-state index contributed by atoms with van der Waals surface area (Å²) in [6.45, 7) is 2.83. The van der Waals surface area contributed by atoms with E-state index in [0.717, 1.165) is 19.4 Å². The summed E-state index contributed by atoms with van der Waals surface area (Å²) in [5.74, 6) is 0.642. The first kappa shape index (κ1) is 10.4. The van der Waals surface area contributed by atoms with Crippen LogP contribution in [0.1, 0.15) is 19.8 Å². The normalized spacial score (nSPS) is 41.6. The summed E-state index contributed by atoms with van der Waals surface area (Å²) in [5, 5.41) is 3.38. The average molecular weight is 219 g/mol. The van der Waals surface area contributed by atoms with E-state index in [0.29, 0.717) is 17.5 Å². The number of ether oxygens (including phenoxy) is 1. The van der Waals surface area contributed by atoms with E-state index in [-0.39, 0.29) is 12.1 Å². The van der Waals surface area contributed by atoms with Crippen molar-refractivity contribution >= 4 is 9.84 Å². The van der Waals surface area contributed by atoms with Gasteiger partial charge in [0.05, 0.1) is 17.6 Å². The first-order chi connectivity index (χ1) is 6.57. The fourth-order valence-corrected chi connectivity index (χ4v) is 3.87. The van der Waals surface area contributed by atoms with Crippen molar-refractivity contribution in [1.29, 1.82) is 0 Å². The summed E-state index contributed by atoms with van der Waals surface area (Å²) >= 11 is 0. The number of sulfone groups is 1. The third-order valence-corrected chi connectivity index (χ3v) is 4.83. The van der Waals surface area contributed by atoms with E-state index < -0.39 is 9.84 Å². The van der Waals surface area contributed by atoms with Gasteiger partial charge in [0.15, 0.2) is 9.84 Å². The van der Waals surface area contributed by atoms with E-state index in [2.05, 4.69) is 5.32 Å². The van der Waals surface area contributed by atoms with E-state index in [1.165, 1.54) is 0 Å². The summed E-state index contributed by atoms with van der Waals surface area (Å²) < 4.78 is 27.9. The van der Waals surface area contributed by atoms with Gasteiger partial charge >= 0.3 is 0 Å². The largest absolute Gasteiger partial charge is 0.377 e. The summed E-state index contributed by atoms with van der Waals surface area (Å²) in [7, 11) is -2.76. The fraction of sp³-hybridized carbons (Fsp3) is 1.00. The second-order valence-electron chi connectivity index (χ2n) is 4.24. The van der Waals surface area contributed by atoms with Crippen LogP contribution in [0.5, 0.6) is 0 Å². The van der Waals surface area contributed by atoms with Gasteiger partial charge in [-0.15, -0.1) is 0 Å². The van der Waals surface area contributed by atoms with Crippen LogP contribution in [0.4, 0.5) is 0 Å². The van der Waals surface area contributed by atoms with Gasteiger partial charge in [0, 0.05) is 18.7 Å². The lowest BCUT2D eigenvalue weighted by Crippen LogP contribution is -2.42. The molecule has 0 aromatic heterocycles. The summed E-state index contributed by atoms with van der Waals surface area (Å²) in [6, 6.07) is 0.488. The Morgan fingerprint density at radius 3 is 2.64 bits per heavy atom. The molecule has 2 rings (SSSR count). The minimum atomic E-state index is -2.76. The van der Waals surface area contributed by atoms with Crippen molar-refractivity contribution in [3.05, 3.63) is 0 Å². The minimum absolute atomic E-state index is 0.147. The molecule has 5 heteroatoms. The van der Waals surface area contributed by atoms with Crippen molar-refractivity contribution in [2.24, 2.45) is 0 Å². The quantitative estimate of drug-likeness (QED) is 0.707. The van der Waals surface area contributed by atoms with Crippen molar-refractivity contribution in [3.63, 3.8) is 0 Å². The lowest BCUT2D eigenvalue weighted by molar-refractivity contribution is 0.111. The molecule has 0 amide bonds. The second kappa shape index (κ2) is 3.79. The maximum absolute atomic E-state index is 11.2. The number of hydrogen-bond acceptors (Lipinski definition) is 4. The molecule has 0 aromatic carbocycles. The Labute approximate surface area is 84.9 Å². The molecule has 0 aromatic rings. The van der Waals surface area contributed by atoms with E-state index in [1.807, 2.05) is 6.92 Å². The Morgan fingerprint density at radius 2 is 2.14 bits per heavy atom. The van der Waals surface area contributed by atoms with Crippen LogP contribution in [0, 0.1) is 0 Å². The van der Waals surface area contributed by atoms with Gasteiger partial charge in [0.2, 0.25) is 0 Å². The van der Waals surface area contributed by atoms with Crippen molar-refractivity contribution in [2.75, 3.05) is 18.1 Å². The second-order valence-corrected chi connectivity index (χ2v) is 6.47. The van der Waals surface area contributed by atoms with Gasteiger partial charge in [0.25, 0.3) is 0 Å². The lowest BCUT2D eigenvalue weighted by atomic mass is 10.1. The van der Waals surface area contributed by atoms with Crippen LogP contribution in [0.3, 0.4) is 0 Å². The number of rotatable bonds is 2. The minimum Gasteiger partial charge on any atom is -0.377 e. The molecule has 1 unspecified atom stereocenters. The molecule has 1 N–H and O–H groups in total. The van der Waals surface area contributed by atoms with Gasteiger partial charge in [-0.05, 0) is 19.8 Å². The Balaban J connectivity index is 1.87. The van der Waals surface area contributed by atoms with Crippen LogP contribution in [-0.2, 0) is 14.6 Å². The summed E-state index contributed by atoms with van der Waals surface area (Å²) in [4.78, 5) is 0. The number of hydrogen-bond donors (Lipinski definition) is 1.